The molecule has 1 amide bonds. The van der Waals surface area contributed by atoms with Gasteiger partial charge in [-0.3, -0.25) is 14.3 Å². The third kappa shape index (κ3) is 3.76. The summed E-state index contributed by atoms with van der Waals surface area (Å²) in [7, 11) is 0. The molecule has 0 fully saturated rings. The molecule has 128 valence electrons. The summed E-state index contributed by atoms with van der Waals surface area (Å²) in [4.78, 5) is 24.5. The number of nitrogens with zero attached hydrogens (tertiary/aromatic N) is 2. The fourth-order valence-corrected chi connectivity index (χ4v) is 2.94. The summed E-state index contributed by atoms with van der Waals surface area (Å²) >= 11 is 0. The first-order valence-corrected chi connectivity index (χ1v) is 8.35. The average Bonchev–Trinajstić information content (AvgIpc) is 2.63. The summed E-state index contributed by atoms with van der Waals surface area (Å²) in [5.41, 5.74) is 1.59. The van der Waals surface area contributed by atoms with Gasteiger partial charge in [-0.2, -0.15) is 5.10 Å². The van der Waals surface area contributed by atoms with Crippen LogP contribution in [0.5, 0.6) is 0 Å². The van der Waals surface area contributed by atoms with Crippen LogP contribution in [0, 0.1) is 5.92 Å². The van der Waals surface area contributed by atoms with E-state index in [9.17, 15) is 9.59 Å². The maximum Gasteiger partial charge on any atom is 0.242 e. The van der Waals surface area contributed by atoms with E-state index < -0.39 is 0 Å². The Morgan fingerprint density at radius 3 is 2.48 bits per heavy atom. The van der Waals surface area contributed by atoms with E-state index >= 15 is 0 Å². The van der Waals surface area contributed by atoms with Crippen LogP contribution in [0.3, 0.4) is 0 Å². The first kappa shape index (κ1) is 16.9. The van der Waals surface area contributed by atoms with Crippen molar-refractivity contribution in [2.24, 2.45) is 5.92 Å². The van der Waals surface area contributed by atoms with Gasteiger partial charge < -0.3 is 5.32 Å². The van der Waals surface area contributed by atoms with Crippen LogP contribution < -0.4 is 10.7 Å². The Morgan fingerprint density at radius 2 is 1.76 bits per heavy atom. The number of amides is 1. The number of fused-ring (bicyclic) bond motifs is 1. The highest BCUT2D eigenvalue weighted by Crippen LogP contribution is 2.21. The third-order valence-corrected chi connectivity index (χ3v) is 4.20. The second-order valence-corrected chi connectivity index (χ2v) is 6.38. The van der Waals surface area contributed by atoms with Crippen molar-refractivity contribution in [1.82, 2.24) is 15.1 Å². The number of carbonyl (C=O) groups is 1. The van der Waals surface area contributed by atoms with Crippen molar-refractivity contribution in [1.29, 1.82) is 0 Å². The van der Waals surface area contributed by atoms with Crippen molar-refractivity contribution >= 4 is 16.8 Å². The fraction of sp³-hybridized carbons (Fsp3) is 0.250. The first-order chi connectivity index (χ1) is 12.1. The molecule has 1 atom stereocenters. The second-order valence-electron chi connectivity index (χ2n) is 6.38. The lowest BCUT2D eigenvalue weighted by Gasteiger charge is -2.23. The van der Waals surface area contributed by atoms with Gasteiger partial charge in [0.2, 0.25) is 11.3 Å². The molecule has 5 nitrogen and oxygen atoms in total. The molecule has 1 heterocycles. The largest absolute Gasteiger partial charge is 0.347 e. The van der Waals surface area contributed by atoms with Crippen molar-refractivity contribution in [3.8, 4) is 0 Å². The lowest BCUT2D eigenvalue weighted by atomic mass is 9.96. The summed E-state index contributed by atoms with van der Waals surface area (Å²) in [6, 6.07) is 17.0. The summed E-state index contributed by atoms with van der Waals surface area (Å²) in [6.45, 7) is 4.22. The minimum Gasteiger partial charge on any atom is -0.347 e. The van der Waals surface area contributed by atoms with E-state index in [4.69, 9.17) is 0 Å². The molecule has 3 rings (SSSR count). The van der Waals surface area contributed by atoms with Crippen LogP contribution in [0.15, 0.2) is 65.6 Å². The smallest absolute Gasteiger partial charge is 0.242 e. The second kappa shape index (κ2) is 7.30. The molecular weight excluding hydrogens is 314 g/mol. The first-order valence-electron chi connectivity index (χ1n) is 8.35. The standard InChI is InChI=1S/C20H21N3O2/c1-14(2)20(15-8-4-3-5-9-15)22-19(25)13-23-17-11-7-6-10-16(17)18(24)12-21-23/h3-12,14,20H,13H2,1-2H3,(H,22,25). The number of aromatic nitrogens is 2. The Morgan fingerprint density at radius 1 is 1.08 bits per heavy atom. The van der Waals surface area contributed by atoms with Crippen LogP contribution in [0.25, 0.3) is 10.9 Å². The summed E-state index contributed by atoms with van der Waals surface area (Å²) in [5.74, 6) is 0.119. The van der Waals surface area contributed by atoms with Crippen molar-refractivity contribution in [2.45, 2.75) is 26.4 Å². The highest BCUT2D eigenvalue weighted by molar-refractivity contribution is 5.81. The van der Waals surface area contributed by atoms with E-state index in [0.717, 1.165) is 5.56 Å². The van der Waals surface area contributed by atoms with Crippen LogP contribution in [-0.4, -0.2) is 15.7 Å². The Labute approximate surface area is 146 Å². The summed E-state index contributed by atoms with van der Waals surface area (Å²) in [5, 5.41) is 7.76. The number of para-hydroxylation sites is 1. The maximum atomic E-state index is 12.6. The quantitative estimate of drug-likeness (QED) is 0.780. The number of carbonyl (C=O) groups excluding carboxylic acids is 1. The molecule has 1 N–H and O–H groups in total. The number of hydrogen-bond donors (Lipinski definition) is 1. The molecule has 2 aromatic carbocycles. The van der Waals surface area contributed by atoms with E-state index in [1.807, 2.05) is 36.4 Å². The molecule has 3 aromatic rings. The number of benzene rings is 2. The molecule has 1 aromatic heterocycles. The molecule has 5 heteroatoms. The van der Waals surface area contributed by atoms with Gasteiger partial charge in [-0.15, -0.1) is 0 Å². The molecule has 1 unspecified atom stereocenters. The van der Waals surface area contributed by atoms with E-state index in [2.05, 4.69) is 24.3 Å². The molecule has 0 aliphatic carbocycles. The van der Waals surface area contributed by atoms with Crippen molar-refractivity contribution in [3.05, 3.63) is 76.6 Å². The number of nitrogens with one attached hydrogen (secondary N) is 1. The zero-order valence-corrected chi connectivity index (χ0v) is 14.3. The zero-order chi connectivity index (χ0) is 17.8. The highest BCUT2D eigenvalue weighted by Gasteiger charge is 2.18. The van der Waals surface area contributed by atoms with E-state index in [1.165, 1.54) is 6.20 Å². The molecule has 0 spiro atoms. The van der Waals surface area contributed by atoms with Crippen LogP contribution in [0.2, 0.25) is 0 Å². The predicted octanol–water partition coefficient (Wildman–Crippen LogP) is 2.91. The maximum absolute atomic E-state index is 12.6. The molecule has 0 radical (unpaired) electrons. The summed E-state index contributed by atoms with van der Waals surface area (Å²) in [6.07, 6.45) is 1.26. The van der Waals surface area contributed by atoms with Gasteiger partial charge >= 0.3 is 0 Å². The SMILES string of the molecule is CC(C)C(NC(=O)Cn1ncc(=O)c2ccccc21)c1ccccc1. The van der Waals surface area contributed by atoms with E-state index in [0.29, 0.717) is 10.9 Å². The fourth-order valence-electron chi connectivity index (χ4n) is 2.94. The lowest BCUT2D eigenvalue weighted by molar-refractivity contribution is -0.122. The van der Waals surface area contributed by atoms with E-state index in [-0.39, 0.29) is 29.8 Å². The molecule has 0 saturated heterocycles. The molecule has 0 bridgehead atoms. The predicted molar refractivity (Wildman–Crippen MR) is 98.2 cm³/mol. The summed E-state index contributed by atoms with van der Waals surface area (Å²) < 4.78 is 1.56. The van der Waals surface area contributed by atoms with Crippen molar-refractivity contribution in [3.63, 3.8) is 0 Å². The average molecular weight is 335 g/mol. The Bertz CT molecular complexity index is 932. The van der Waals surface area contributed by atoms with Crippen LogP contribution in [0.1, 0.15) is 25.5 Å². The van der Waals surface area contributed by atoms with Crippen LogP contribution >= 0.6 is 0 Å². The molecule has 0 aliphatic rings. The zero-order valence-electron chi connectivity index (χ0n) is 14.3. The Kier molecular flexibility index (Phi) is 4.93. The molecule has 0 aliphatic heterocycles. The van der Waals surface area contributed by atoms with Gasteiger partial charge in [0.1, 0.15) is 6.54 Å². The third-order valence-electron chi connectivity index (χ3n) is 4.20. The van der Waals surface area contributed by atoms with Crippen molar-refractivity contribution in [2.75, 3.05) is 0 Å². The minimum atomic E-state index is -0.142. The lowest BCUT2D eigenvalue weighted by Crippen LogP contribution is -2.35. The Balaban J connectivity index is 1.83. The van der Waals surface area contributed by atoms with Gasteiger partial charge in [0.15, 0.2) is 0 Å². The molecular formula is C20H21N3O2. The van der Waals surface area contributed by atoms with Gasteiger partial charge in [-0.1, -0.05) is 56.3 Å². The van der Waals surface area contributed by atoms with E-state index in [1.54, 1.807) is 22.9 Å². The van der Waals surface area contributed by atoms with Gasteiger partial charge in [0.05, 0.1) is 17.8 Å². The topological polar surface area (TPSA) is 64.0 Å². The molecule has 0 saturated carbocycles. The van der Waals surface area contributed by atoms with Crippen LogP contribution in [-0.2, 0) is 11.3 Å². The van der Waals surface area contributed by atoms with Gasteiger partial charge in [-0.25, -0.2) is 0 Å². The normalized spacial score (nSPS) is 12.3. The highest BCUT2D eigenvalue weighted by atomic mass is 16.2. The van der Waals surface area contributed by atoms with Crippen molar-refractivity contribution < 1.29 is 4.79 Å². The monoisotopic (exact) mass is 335 g/mol. The molecule has 25 heavy (non-hydrogen) atoms. The van der Waals surface area contributed by atoms with Gasteiger partial charge in [-0.05, 0) is 23.6 Å². The Hall–Kier alpha value is -2.95. The van der Waals surface area contributed by atoms with Gasteiger partial charge in [0.25, 0.3) is 0 Å². The van der Waals surface area contributed by atoms with Gasteiger partial charge in [0, 0.05) is 5.39 Å². The number of hydrogen-bond acceptors (Lipinski definition) is 3. The number of rotatable bonds is 5. The minimum absolute atomic E-state index is 0.0663. The van der Waals surface area contributed by atoms with Crippen LogP contribution in [0.4, 0.5) is 0 Å².